The van der Waals surface area contributed by atoms with Crippen molar-refractivity contribution in [3.05, 3.63) is 176 Å². The lowest BCUT2D eigenvalue weighted by Gasteiger charge is -2.16. The van der Waals surface area contributed by atoms with Gasteiger partial charge in [-0.05, 0) is 94.8 Å². The Balaban J connectivity index is 0.000000211. The number of anilines is 2. The van der Waals surface area contributed by atoms with Crippen LogP contribution in [0.15, 0.2) is 93.8 Å². The predicted molar refractivity (Wildman–Crippen MR) is 241 cm³/mol. The fraction of sp³-hybridized carbons (Fsp3) is 0.171. The minimum absolute atomic E-state index is 0.00118. The Morgan fingerprint density at radius 1 is 0.636 bits per heavy atom. The molecule has 2 N–H and O–H groups in total. The van der Waals surface area contributed by atoms with Crippen LogP contribution in [0.4, 0.5) is 29.2 Å². The lowest BCUT2D eigenvalue weighted by Crippen LogP contribution is -2.19. The third-order valence-electron chi connectivity index (χ3n) is 8.24. The average molecular weight is 1020 g/mol. The van der Waals surface area contributed by atoms with Crippen LogP contribution in [0.25, 0.3) is 0 Å². The van der Waals surface area contributed by atoms with Crippen LogP contribution in [0.5, 0.6) is 23.0 Å². The molecule has 0 aliphatic heterocycles. The molecule has 0 fully saturated rings. The van der Waals surface area contributed by atoms with Gasteiger partial charge >= 0.3 is 11.1 Å². The number of hydrogen-bond donors (Lipinski definition) is 2. The van der Waals surface area contributed by atoms with Crippen molar-refractivity contribution in [1.29, 1.82) is 0 Å². The summed E-state index contributed by atoms with van der Waals surface area (Å²) >= 11 is 28.3. The Bertz CT molecular complexity index is 2940. The van der Waals surface area contributed by atoms with Gasteiger partial charge in [-0.3, -0.25) is 19.4 Å². The molecule has 0 unspecified atom stereocenters. The molecule has 3 aromatic carbocycles. The normalized spacial score (nSPS) is 10.3. The van der Waals surface area contributed by atoms with Gasteiger partial charge in [-0.15, -0.1) is 0 Å². The molecule has 7 rings (SSSR count). The maximum absolute atomic E-state index is 13.5. The number of rotatable bonds is 10. The van der Waals surface area contributed by atoms with Crippen molar-refractivity contribution in [3.63, 3.8) is 0 Å². The first-order valence-corrected chi connectivity index (χ1v) is 20.1. The van der Waals surface area contributed by atoms with Crippen LogP contribution in [0.3, 0.4) is 0 Å². The number of nitrogens with zero attached hydrogens (tertiary/aromatic N) is 7. The van der Waals surface area contributed by atoms with E-state index >= 15 is 0 Å². The molecule has 0 saturated heterocycles. The molecule has 0 saturated carbocycles. The minimum Gasteiger partial charge on any atom is -0.492 e. The molecule has 25 heteroatoms. The van der Waals surface area contributed by atoms with Crippen molar-refractivity contribution in [2.45, 2.75) is 20.0 Å². The van der Waals surface area contributed by atoms with Gasteiger partial charge in [0.25, 0.3) is 5.56 Å². The van der Waals surface area contributed by atoms with Crippen molar-refractivity contribution in [2.75, 3.05) is 33.8 Å². The molecular weight excluding hydrogens is 984 g/mol. The van der Waals surface area contributed by atoms with Crippen molar-refractivity contribution in [3.8, 4) is 23.0 Å². The summed E-state index contributed by atoms with van der Waals surface area (Å²) in [5.74, 6) is -1.97. The second-order valence-corrected chi connectivity index (χ2v) is 14.5. The maximum atomic E-state index is 13.5. The van der Waals surface area contributed by atoms with Crippen LogP contribution in [0.1, 0.15) is 16.7 Å². The fourth-order valence-electron chi connectivity index (χ4n) is 5.17. The van der Waals surface area contributed by atoms with E-state index in [1.54, 1.807) is 18.2 Å². The standard InChI is InChI=1S/C19H16ClF2N3O2.C12H9ClF2N2O2.C5H4Cl2N2O.C5H5ClN2O2/c1-11-15(20)4-3-5-16(11)23-19-24-18(26)17(27-2)10-25(19)9-12-6-13(21)8-14(22)7-12;1-19-10-6-17(12(13)16-11(10)18)5-7-2-8(14)4-9(15)3-7;1-10-3-2-8-5(7)9-4(3)6;1-10-3-2-7-5(6)8-4(3)9/h3-8,10H,9H2,1-2H3,(H,23,24,26);2-4,6H,5H2,1H3;2H,1H3;2H,1H3,(H,7,8,9). The molecule has 7 aromatic rings. The Hall–Kier alpha value is -6.45. The first-order chi connectivity index (χ1) is 31.3. The number of H-pyrrole nitrogens is 1. The van der Waals surface area contributed by atoms with Gasteiger partial charge in [-0.25, -0.2) is 32.5 Å². The second-order valence-electron chi connectivity index (χ2n) is 12.7. The van der Waals surface area contributed by atoms with Gasteiger partial charge in [0.15, 0.2) is 10.9 Å². The molecule has 66 heavy (non-hydrogen) atoms. The number of ether oxygens (including phenoxy) is 4. The summed E-state index contributed by atoms with van der Waals surface area (Å²) in [6, 6.07) is 11.6. The molecule has 0 amide bonds. The number of benzene rings is 3. The van der Waals surface area contributed by atoms with Gasteiger partial charge in [0.05, 0.1) is 66.3 Å². The van der Waals surface area contributed by atoms with Gasteiger partial charge < -0.3 is 33.4 Å². The summed E-state index contributed by atoms with van der Waals surface area (Å²) < 4.78 is 75.3. The second kappa shape index (κ2) is 24.7. The topological polar surface area (TPSA) is 190 Å². The maximum Gasteiger partial charge on any atom is 0.316 e. The molecule has 348 valence electrons. The smallest absolute Gasteiger partial charge is 0.316 e. The molecule has 0 spiro atoms. The van der Waals surface area contributed by atoms with Crippen LogP contribution in [-0.2, 0) is 13.1 Å². The number of hydrogen-bond acceptors (Lipinski definition) is 13. The minimum atomic E-state index is -0.689. The Morgan fingerprint density at radius 3 is 1.65 bits per heavy atom. The van der Waals surface area contributed by atoms with Crippen LogP contribution in [0.2, 0.25) is 26.0 Å². The van der Waals surface area contributed by atoms with E-state index in [0.717, 1.165) is 17.7 Å². The zero-order valence-electron chi connectivity index (χ0n) is 34.8. The monoisotopic (exact) mass is 1020 g/mol. The van der Waals surface area contributed by atoms with E-state index in [9.17, 15) is 31.9 Å². The fourth-order valence-corrected chi connectivity index (χ4v) is 6.05. The Morgan fingerprint density at radius 2 is 1.14 bits per heavy atom. The van der Waals surface area contributed by atoms with Gasteiger partial charge in [-0.2, -0.15) is 9.97 Å². The quantitative estimate of drug-likeness (QED) is 0.0752. The van der Waals surface area contributed by atoms with E-state index < -0.39 is 34.4 Å². The predicted octanol–water partition coefficient (Wildman–Crippen LogP) is 8.74. The van der Waals surface area contributed by atoms with E-state index in [-0.39, 0.29) is 62.8 Å². The largest absolute Gasteiger partial charge is 0.492 e. The number of aromatic nitrogens is 8. The molecule has 0 aliphatic rings. The van der Waals surface area contributed by atoms with Crippen LogP contribution < -0.4 is 40.9 Å². The van der Waals surface area contributed by atoms with Crippen molar-refractivity contribution in [2.24, 2.45) is 0 Å². The van der Waals surface area contributed by atoms with Gasteiger partial charge in [-0.1, -0.05) is 29.3 Å². The summed E-state index contributed by atoms with van der Waals surface area (Å²) in [6.07, 6.45) is 5.44. The van der Waals surface area contributed by atoms with Crippen molar-refractivity contribution < 1.29 is 36.5 Å². The summed E-state index contributed by atoms with van der Waals surface area (Å²) in [5, 5.41) is 3.91. The van der Waals surface area contributed by atoms with Crippen molar-refractivity contribution in [1.82, 2.24) is 39.0 Å². The van der Waals surface area contributed by atoms with Crippen molar-refractivity contribution >= 4 is 69.6 Å². The lowest BCUT2D eigenvalue weighted by atomic mass is 10.2. The summed E-state index contributed by atoms with van der Waals surface area (Å²) in [5.41, 5.74) is 0.599. The third-order valence-corrected chi connectivity index (χ3v) is 9.60. The average Bonchev–Trinajstić information content (AvgIpc) is 3.24. The first-order valence-electron chi connectivity index (χ1n) is 18.2. The molecule has 0 bridgehead atoms. The summed E-state index contributed by atoms with van der Waals surface area (Å²) in [4.78, 5) is 54.9. The molecule has 0 aliphatic carbocycles. The zero-order chi connectivity index (χ0) is 48.7. The highest BCUT2D eigenvalue weighted by molar-refractivity contribution is 6.32. The Kier molecular flexibility index (Phi) is 19.6. The highest BCUT2D eigenvalue weighted by Gasteiger charge is 2.14. The molecule has 0 atom stereocenters. The van der Waals surface area contributed by atoms with E-state index in [1.165, 1.54) is 86.6 Å². The zero-order valence-corrected chi connectivity index (χ0v) is 38.6. The number of methoxy groups -OCH3 is 4. The number of nitrogens with one attached hydrogen (secondary N) is 2. The summed E-state index contributed by atoms with van der Waals surface area (Å²) in [7, 11) is 5.54. The molecule has 4 aromatic heterocycles. The SMILES string of the molecule is COc1cn(Cc2cc(F)cc(F)c2)c(Cl)nc1=O.COc1cn(Cc2cc(F)cc(F)c2)c(Nc2cccc(Cl)c2C)nc1=O.COc1cnc(Cl)[nH]c1=O.COc1cnc(Cl)nc1Cl. The molecule has 16 nitrogen and oxygen atoms in total. The van der Waals surface area contributed by atoms with Crippen LogP contribution in [0, 0.1) is 30.2 Å². The van der Waals surface area contributed by atoms with E-state index in [1.807, 2.05) is 6.92 Å². The van der Waals surface area contributed by atoms with Gasteiger partial charge in [0.1, 0.15) is 23.3 Å². The van der Waals surface area contributed by atoms with Crippen LogP contribution in [-0.4, -0.2) is 67.5 Å². The number of aromatic amines is 1. The van der Waals surface area contributed by atoms with Gasteiger partial charge in [0, 0.05) is 22.8 Å². The van der Waals surface area contributed by atoms with E-state index in [4.69, 9.17) is 72.2 Å². The number of halogens is 9. The highest BCUT2D eigenvalue weighted by atomic mass is 35.5. The molecule has 0 radical (unpaired) electrons. The molecular formula is C41H34Cl5F4N9O7. The van der Waals surface area contributed by atoms with E-state index in [2.05, 4.69) is 40.0 Å². The lowest BCUT2D eigenvalue weighted by molar-refractivity contribution is 0.402. The Labute approximate surface area is 396 Å². The summed E-state index contributed by atoms with van der Waals surface area (Å²) in [6.45, 7) is 1.95. The highest BCUT2D eigenvalue weighted by Crippen LogP contribution is 2.26. The van der Waals surface area contributed by atoms with E-state index in [0.29, 0.717) is 27.6 Å². The van der Waals surface area contributed by atoms with Gasteiger partial charge in [0.2, 0.25) is 39.0 Å². The van der Waals surface area contributed by atoms with Crippen LogP contribution >= 0.6 is 58.0 Å². The third kappa shape index (κ3) is 15.3. The first kappa shape index (κ1) is 52.2. The molecule has 4 heterocycles.